The number of halogens is 12. The zero-order chi connectivity index (χ0) is 37.5. The average Bonchev–Trinajstić information content (AvgIpc) is 3.01. The SMILES string of the molecule is CN(C)OC(c1cccc(C(F)(F)F)c1)(c1cccc(C(F)(F)F)c1)C(ON(C)C)(c1cccc(C(F)(F)F)c1)c1cccc(C(F)(F)F)c1. The minimum absolute atomic E-state index is 0.485. The molecule has 0 N–H and O–H groups in total. The lowest BCUT2D eigenvalue weighted by atomic mass is 9.65. The number of hydrogen-bond acceptors (Lipinski definition) is 4. The molecule has 270 valence electrons. The van der Waals surface area contributed by atoms with Crippen molar-refractivity contribution in [3.05, 3.63) is 142 Å². The number of benzene rings is 4. The van der Waals surface area contributed by atoms with Crippen LogP contribution in [0.25, 0.3) is 0 Å². The first-order valence-corrected chi connectivity index (χ1v) is 14.4. The molecule has 50 heavy (non-hydrogen) atoms. The van der Waals surface area contributed by atoms with E-state index in [9.17, 15) is 52.7 Å². The molecule has 0 spiro atoms. The van der Waals surface area contributed by atoms with E-state index in [4.69, 9.17) is 9.68 Å². The van der Waals surface area contributed by atoms with Gasteiger partial charge in [-0.2, -0.15) is 62.8 Å². The molecule has 0 aliphatic carbocycles. The molecule has 0 saturated heterocycles. The third-order valence-electron chi connectivity index (χ3n) is 7.52. The van der Waals surface area contributed by atoms with E-state index in [2.05, 4.69) is 0 Å². The zero-order valence-electron chi connectivity index (χ0n) is 26.5. The molecule has 0 fully saturated rings. The lowest BCUT2D eigenvalue weighted by Crippen LogP contribution is -2.58. The number of hydrogen-bond donors (Lipinski definition) is 0. The summed E-state index contributed by atoms with van der Waals surface area (Å²) in [4.78, 5) is 12.5. The number of nitrogens with zero attached hydrogens (tertiary/aromatic N) is 2. The first-order valence-electron chi connectivity index (χ1n) is 14.4. The zero-order valence-corrected chi connectivity index (χ0v) is 26.5. The third-order valence-corrected chi connectivity index (χ3v) is 7.52. The van der Waals surface area contributed by atoms with Gasteiger partial charge in [0.2, 0.25) is 0 Å². The molecular formula is C34H28F12N2O2. The van der Waals surface area contributed by atoms with Crippen molar-refractivity contribution in [2.75, 3.05) is 28.2 Å². The maximum absolute atomic E-state index is 14.3. The van der Waals surface area contributed by atoms with Crippen molar-refractivity contribution in [1.29, 1.82) is 0 Å². The van der Waals surface area contributed by atoms with Crippen LogP contribution in [0.1, 0.15) is 44.5 Å². The van der Waals surface area contributed by atoms with Crippen LogP contribution in [-0.2, 0) is 45.6 Å². The Kier molecular flexibility index (Phi) is 10.5. The summed E-state index contributed by atoms with van der Waals surface area (Å²) in [6.07, 6.45) is -20.3. The second kappa shape index (κ2) is 13.5. The lowest BCUT2D eigenvalue weighted by molar-refractivity contribution is -0.327. The van der Waals surface area contributed by atoms with Crippen molar-refractivity contribution < 1.29 is 62.4 Å². The fraction of sp³-hybridized carbons (Fsp3) is 0.294. The Bertz CT molecular complexity index is 1550. The van der Waals surface area contributed by atoms with Crippen LogP contribution in [0, 0.1) is 0 Å². The summed E-state index contributed by atoms with van der Waals surface area (Å²) in [5.74, 6) is 0. The van der Waals surface area contributed by atoms with Crippen LogP contribution in [0.4, 0.5) is 52.7 Å². The molecule has 0 aliphatic rings. The van der Waals surface area contributed by atoms with Gasteiger partial charge in [0.15, 0.2) is 11.2 Å². The monoisotopic (exact) mass is 724 g/mol. The highest BCUT2D eigenvalue weighted by Crippen LogP contribution is 2.57. The normalized spacial score (nSPS) is 13.7. The predicted molar refractivity (Wildman–Crippen MR) is 157 cm³/mol. The topological polar surface area (TPSA) is 24.9 Å². The first-order chi connectivity index (χ1) is 22.9. The molecule has 0 aromatic heterocycles. The van der Waals surface area contributed by atoms with Crippen molar-refractivity contribution in [3.63, 3.8) is 0 Å². The van der Waals surface area contributed by atoms with E-state index < -0.39 is 80.4 Å². The highest BCUT2D eigenvalue weighted by molar-refractivity contribution is 5.54. The van der Waals surface area contributed by atoms with Gasteiger partial charge in [0.05, 0.1) is 22.3 Å². The molecule has 4 aromatic rings. The first kappa shape index (κ1) is 38.7. The minimum atomic E-state index is -5.08. The van der Waals surface area contributed by atoms with E-state index in [0.717, 1.165) is 58.7 Å². The van der Waals surface area contributed by atoms with Crippen LogP contribution >= 0.6 is 0 Å². The Labute approximate surface area is 278 Å². The number of hydroxylamine groups is 4. The third kappa shape index (κ3) is 7.62. The van der Waals surface area contributed by atoms with E-state index >= 15 is 0 Å². The number of alkyl halides is 12. The van der Waals surface area contributed by atoms with Crippen LogP contribution in [-0.4, -0.2) is 38.3 Å². The molecule has 0 amide bonds. The quantitative estimate of drug-likeness (QED) is 0.127. The van der Waals surface area contributed by atoms with Crippen LogP contribution < -0.4 is 0 Å². The second-order valence-corrected chi connectivity index (χ2v) is 11.5. The standard InChI is InChI=1S/C34H28F12N2O2/c1-47(2)49-29(21-9-5-13-25(17-21)31(35,36)37,22-10-6-14-26(18-22)32(38,39)40)30(50-48(3)4,23-11-7-15-27(19-23)33(41,42)43)24-12-8-16-28(20-24)34(44,45)46/h5-20H,1-4H3. The van der Waals surface area contributed by atoms with Crippen molar-refractivity contribution in [2.45, 2.75) is 35.9 Å². The maximum atomic E-state index is 14.3. The highest BCUT2D eigenvalue weighted by Gasteiger charge is 2.62. The van der Waals surface area contributed by atoms with Gasteiger partial charge in [0.25, 0.3) is 0 Å². The van der Waals surface area contributed by atoms with Crippen LogP contribution in [0.15, 0.2) is 97.1 Å². The van der Waals surface area contributed by atoms with Crippen LogP contribution in [0.3, 0.4) is 0 Å². The molecule has 4 rings (SSSR count). The molecule has 16 heteroatoms. The van der Waals surface area contributed by atoms with Crippen molar-refractivity contribution in [2.24, 2.45) is 0 Å². The molecule has 0 heterocycles. The lowest BCUT2D eigenvalue weighted by Gasteiger charge is -2.52. The van der Waals surface area contributed by atoms with Gasteiger partial charge in [-0.05, 0) is 70.8 Å². The Hall–Kier alpha value is -4.12. The molecular weight excluding hydrogens is 696 g/mol. The molecule has 0 aliphatic heterocycles. The molecule has 0 saturated carbocycles. The fourth-order valence-electron chi connectivity index (χ4n) is 5.69. The molecule has 4 nitrogen and oxygen atoms in total. The summed E-state index contributed by atoms with van der Waals surface area (Å²) in [5, 5.41) is 1.69. The summed E-state index contributed by atoms with van der Waals surface area (Å²) in [7, 11) is 4.70. The summed E-state index contributed by atoms with van der Waals surface area (Å²) in [6, 6.07) is 11.9. The largest absolute Gasteiger partial charge is 0.416 e. The number of rotatable bonds is 9. The predicted octanol–water partition coefficient (Wildman–Crippen LogP) is 9.94. The molecule has 0 unspecified atom stereocenters. The average molecular weight is 725 g/mol. The second-order valence-electron chi connectivity index (χ2n) is 11.5. The summed E-state index contributed by atoms with van der Waals surface area (Å²) in [5.41, 5.74) is -13.9. The summed E-state index contributed by atoms with van der Waals surface area (Å²) < 4.78 is 171. The van der Waals surface area contributed by atoms with E-state index in [1.807, 2.05) is 0 Å². The van der Waals surface area contributed by atoms with Gasteiger partial charge in [-0.1, -0.05) is 48.5 Å². The van der Waals surface area contributed by atoms with Crippen LogP contribution in [0.5, 0.6) is 0 Å². The smallest absolute Gasteiger partial charge is 0.279 e. The minimum Gasteiger partial charge on any atom is -0.279 e. The van der Waals surface area contributed by atoms with Crippen LogP contribution in [0.2, 0.25) is 0 Å². The molecule has 0 radical (unpaired) electrons. The highest BCUT2D eigenvalue weighted by atomic mass is 19.4. The molecule has 0 bridgehead atoms. The molecule has 4 aromatic carbocycles. The van der Waals surface area contributed by atoms with Gasteiger partial charge in [-0.25, -0.2) is 0 Å². The summed E-state index contributed by atoms with van der Waals surface area (Å²) in [6.45, 7) is 0. The molecule has 0 atom stereocenters. The maximum Gasteiger partial charge on any atom is 0.416 e. The van der Waals surface area contributed by atoms with Gasteiger partial charge in [0.1, 0.15) is 0 Å². The van der Waals surface area contributed by atoms with Crippen molar-refractivity contribution in [3.8, 4) is 0 Å². The Morgan fingerprint density at radius 1 is 0.340 bits per heavy atom. The van der Waals surface area contributed by atoms with Crippen molar-refractivity contribution in [1.82, 2.24) is 10.1 Å². The van der Waals surface area contributed by atoms with Crippen molar-refractivity contribution >= 4 is 0 Å². The van der Waals surface area contributed by atoms with Gasteiger partial charge in [-0.3, -0.25) is 9.68 Å². The Morgan fingerprint density at radius 3 is 0.680 bits per heavy atom. The summed E-state index contributed by atoms with van der Waals surface area (Å²) >= 11 is 0. The Balaban J connectivity index is 2.43. The Morgan fingerprint density at radius 2 is 0.520 bits per heavy atom. The fourth-order valence-corrected chi connectivity index (χ4v) is 5.69. The van der Waals surface area contributed by atoms with Gasteiger partial charge in [-0.15, -0.1) is 0 Å². The van der Waals surface area contributed by atoms with E-state index in [-0.39, 0.29) is 0 Å². The van der Waals surface area contributed by atoms with E-state index in [1.165, 1.54) is 28.2 Å². The van der Waals surface area contributed by atoms with E-state index in [1.54, 1.807) is 0 Å². The van der Waals surface area contributed by atoms with Gasteiger partial charge in [0, 0.05) is 28.2 Å². The van der Waals surface area contributed by atoms with Gasteiger partial charge < -0.3 is 0 Å². The van der Waals surface area contributed by atoms with E-state index in [0.29, 0.717) is 48.5 Å². The van der Waals surface area contributed by atoms with Gasteiger partial charge >= 0.3 is 24.7 Å².